The molecule has 0 unspecified atom stereocenters. The van der Waals surface area contributed by atoms with E-state index in [0.717, 1.165) is 11.2 Å². The van der Waals surface area contributed by atoms with Crippen LogP contribution in [0.3, 0.4) is 0 Å². The van der Waals surface area contributed by atoms with E-state index in [1.54, 1.807) is 0 Å². The van der Waals surface area contributed by atoms with E-state index in [0.29, 0.717) is 0 Å². The van der Waals surface area contributed by atoms with Gasteiger partial charge in [-0.15, -0.1) is 0 Å². The highest BCUT2D eigenvalue weighted by Crippen LogP contribution is 2.20. The number of aromatic nitrogens is 1. The zero-order chi connectivity index (χ0) is 11.7. The van der Waals surface area contributed by atoms with Gasteiger partial charge in [0.15, 0.2) is 0 Å². The third-order valence-electron chi connectivity index (χ3n) is 2.78. The molecule has 16 heavy (non-hydrogen) atoms. The number of carbonyl (C=O) groups excluding carboxylic acids is 1. The van der Waals surface area contributed by atoms with Crippen molar-refractivity contribution in [3.8, 4) is 0 Å². The van der Waals surface area contributed by atoms with Crippen molar-refractivity contribution in [2.45, 2.75) is 20.4 Å². The molecule has 0 atom stereocenters. The SMILES string of the molecule is COC(=O)Cn1c(C)cc2cc(C)ccc21. The third-order valence-corrected chi connectivity index (χ3v) is 2.78. The van der Waals surface area contributed by atoms with Gasteiger partial charge in [0.25, 0.3) is 0 Å². The maximum absolute atomic E-state index is 11.3. The molecule has 0 spiro atoms. The summed E-state index contributed by atoms with van der Waals surface area (Å²) in [7, 11) is 1.41. The van der Waals surface area contributed by atoms with Crippen molar-refractivity contribution < 1.29 is 9.53 Å². The lowest BCUT2D eigenvalue weighted by atomic mass is 10.2. The Morgan fingerprint density at radius 2 is 2.06 bits per heavy atom. The molecule has 0 fully saturated rings. The molecular formula is C13H15NO2. The van der Waals surface area contributed by atoms with E-state index >= 15 is 0 Å². The summed E-state index contributed by atoms with van der Waals surface area (Å²) in [5, 5.41) is 1.17. The topological polar surface area (TPSA) is 31.2 Å². The minimum atomic E-state index is -0.221. The van der Waals surface area contributed by atoms with Crippen molar-refractivity contribution in [2.75, 3.05) is 7.11 Å². The van der Waals surface area contributed by atoms with Gasteiger partial charge in [-0.05, 0) is 32.0 Å². The molecule has 84 valence electrons. The van der Waals surface area contributed by atoms with Gasteiger partial charge in [0.2, 0.25) is 0 Å². The number of esters is 1. The molecule has 0 aliphatic rings. The van der Waals surface area contributed by atoms with Crippen LogP contribution in [0.1, 0.15) is 11.3 Å². The normalized spacial score (nSPS) is 10.7. The van der Waals surface area contributed by atoms with Gasteiger partial charge in [0.1, 0.15) is 6.54 Å². The Labute approximate surface area is 94.6 Å². The summed E-state index contributed by atoms with van der Waals surface area (Å²) in [6.07, 6.45) is 0. The standard InChI is InChI=1S/C13H15NO2/c1-9-4-5-12-11(6-9)7-10(2)14(12)8-13(15)16-3/h4-7H,8H2,1-3H3. The lowest BCUT2D eigenvalue weighted by molar-refractivity contribution is -0.141. The maximum Gasteiger partial charge on any atom is 0.325 e. The largest absolute Gasteiger partial charge is 0.468 e. The van der Waals surface area contributed by atoms with Crippen LogP contribution in [0, 0.1) is 13.8 Å². The number of benzene rings is 1. The van der Waals surface area contributed by atoms with E-state index < -0.39 is 0 Å². The summed E-state index contributed by atoms with van der Waals surface area (Å²) in [5.74, 6) is -0.221. The third kappa shape index (κ3) is 1.81. The molecule has 3 nitrogen and oxygen atoms in total. The Morgan fingerprint density at radius 3 is 2.75 bits per heavy atom. The van der Waals surface area contributed by atoms with E-state index in [-0.39, 0.29) is 12.5 Å². The van der Waals surface area contributed by atoms with Crippen molar-refractivity contribution in [1.29, 1.82) is 0 Å². The summed E-state index contributed by atoms with van der Waals surface area (Å²) in [5.41, 5.74) is 3.38. The predicted molar refractivity (Wildman–Crippen MR) is 63.4 cm³/mol. The summed E-state index contributed by atoms with van der Waals surface area (Å²) < 4.78 is 6.66. The quantitative estimate of drug-likeness (QED) is 0.723. The molecule has 3 heteroatoms. The summed E-state index contributed by atoms with van der Waals surface area (Å²) in [6.45, 7) is 4.33. The second-order valence-corrected chi connectivity index (χ2v) is 4.01. The Balaban J connectivity index is 2.52. The van der Waals surface area contributed by atoms with Gasteiger partial charge in [-0.3, -0.25) is 4.79 Å². The van der Waals surface area contributed by atoms with Crippen LogP contribution in [0.5, 0.6) is 0 Å². The Hall–Kier alpha value is -1.77. The maximum atomic E-state index is 11.3. The molecule has 2 rings (SSSR count). The van der Waals surface area contributed by atoms with Gasteiger partial charge in [0.05, 0.1) is 7.11 Å². The highest BCUT2D eigenvalue weighted by Gasteiger charge is 2.09. The first-order chi connectivity index (χ1) is 7.61. The molecule has 0 amide bonds. The minimum Gasteiger partial charge on any atom is -0.468 e. The second-order valence-electron chi connectivity index (χ2n) is 4.01. The van der Waals surface area contributed by atoms with Gasteiger partial charge >= 0.3 is 5.97 Å². The first kappa shape index (κ1) is 10.7. The minimum absolute atomic E-state index is 0.221. The molecule has 0 aliphatic heterocycles. The smallest absolute Gasteiger partial charge is 0.325 e. The van der Waals surface area contributed by atoms with Gasteiger partial charge in [-0.25, -0.2) is 0 Å². The van der Waals surface area contributed by atoms with E-state index in [1.807, 2.05) is 17.6 Å². The molecule has 0 bridgehead atoms. The van der Waals surface area contributed by atoms with Crippen LogP contribution in [0.2, 0.25) is 0 Å². The number of ether oxygens (including phenoxy) is 1. The fourth-order valence-electron chi connectivity index (χ4n) is 1.93. The van der Waals surface area contributed by atoms with Crippen LogP contribution < -0.4 is 0 Å². The number of carbonyl (C=O) groups is 1. The summed E-state index contributed by atoms with van der Waals surface area (Å²) >= 11 is 0. The number of nitrogens with zero attached hydrogens (tertiary/aromatic N) is 1. The number of fused-ring (bicyclic) bond motifs is 1. The lowest BCUT2D eigenvalue weighted by Crippen LogP contribution is -2.12. The molecule has 0 saturated carbocycles. The number of methoxy groups -OCH3 is 1. The molecular weight excluding hydrogens is 202 g/mol. The molecule has 1 aromatic heterocycles. The second kappa shape index (κ2) is 4.00. The number of rotatable bonds is 2. The molecule has 1 aromatic carbocycles. The van der Waals surface area contributed by atoms with Crippen LogP contribution in [-0.2, 0) is 16.1 Å². The summed E-state index contributed by atoms with van der Waals surface area (Å²) in [4.78, 5) is 11.3. The Kier molecular flexibility index (Phi) is 2.69. The van der Waals surface area contributed by atoms with Crippen molar-refractivity contribution in [2.24, 2.45) is 0 Å². The zero-order valence-corrected chi connectivity index (χ0v) is 9.78. The molecule has 0 aliphatic carbocycles. The predicted octanol–water partition coefficient (Wildman–Crippen LogP) is 2.43. The molecule has 1 heterocycles. The van der Waals surface area contributed by atoms with E-state index in [4.69, 9.17) is 4.74 Å². The van der Waals surface area contributed by atoms with Gasteiger partial charge in [-0.2, -0.15) is 0 Å². The fourth-order valence-corrected chi connectivity index (χ4v) is 1.93. The van der Waals surface area contributed by atoms with Crippen molar-refractivity contribution >= 4 is 16.9 Å². The Bertz CT molecular complexity index is 540. The van der Waals surface area contributed by atoms with Crippen LogP contribution in [0.25, 0.3) is 10.9 Å². The van der Waals surface area contributed by atoms with Crippen LogP contribution >= 0.6 is 0 Å². The zero-order valence-electron chi connectivity index (χ0n) is 9.78. The van der Waals surface area contributed by atoms with Crippen LogP contribution in [-0.4, -0.2) is 17.6 Å². The monoisotopic (exact) mass is 217 g/mol. The number of aryl methyl sites for hydroxylation is 2. The van der Waals surface area contributed by atoms with Crippen molar-refractivity contribution in [1.82, 2.24) is 4.57 Å². The molecule has 2 aromatic rings. The summed E-state index contributed by atoms with van der Waals surface area (Å²) in [6, 6.07) is 8.30. The fraction of sp³-hybridized carbons (Fsp3) is 0.308. The van der Waals surface area contributed by atoms with Crippen LogP contribution in [0.15, 0.2) is 24.3 Å². The molecule has 0 radical (unpaired) electrons. The number of hydrogen-bond donors (Lipinski definition) is 0. The average Bonchev–Trinajstić information content (AvgIpc) is 2.54. The highest BCUT2D eigenvalue weighted by atomic mass is 16.5. The van der Waals surface area contributed by atoms with Crippen LogP contribution in [0.4, 0.5) is 0 Å². The van der Waals surface area contributed by atoms with Gasteiger partial charge in [-0.1, -0.05) is 11.6 Å². The van der Waals surface area contributed by atoms with Gasteiger partial charge < -0.3 is 9.30 Å². The average molecular weight is 217 g/mol. The first-order valence-corrected chi connectivity index (χ1v) is 5.25. The number of hydrogen-bond acceptors (Lipinski definition) is 2. The lowest BCUT2D eigenvalue weighted by Gasteiger charge is -2.06. The van der Waals surface area contributed by atoms with E-state index in [1.165, 1.54) is 18.1 Å². The van der Waals surface area contributed by atoms with Crippen molar-refractivity contribution in [3.05, 3.63) is 35.5 Å². The molecule has 0 N–H and O–H groups in total. The Morgan fingerprint density at radius 1 is 1.31 bits per heavy atom. The highest BCUT2D eigenvalue weighted by molar-refractivity contribution is 5.83. The van der Waals surface area contributed by atoms with Crippen molar-refractivity contribution in [3.63, 3.8) is 0 Å². The van der Waals surface area contributed by atoms with E-state index in [9.17, 15) is 4.79 Å². The first-order valence-electron chi connectivity index (χ1n) is 5.25. The van der Waals surface area contributed by atoms with E-state index in [2.05, 4.69) is 25.1 Å². The molecule has 0 saturated heterocycles. The van der Waals surface area contributed by atoms with Gasteiger partial charge in [0, 0.05) is 16.6 Å².